The number of rotatable bonds is 5. The average Bonchev–Trinajstić information content (AvgIpc) is 3.09. The highest BCUT2D eigenvalue weighted by Gasteiger charge is 2.33. The van der Waals surface area contributed by atoms with Gasteiger partial charge in [-0.3, -0.25) is 4.99 Å². The molecule has 0 aliphatic rings. The van der Waals surface area contributed by atoms with Crippen molar-refractivity contribution < 1.29 is 17.6 Å². The number of pyridine rings is 1. The fourth-order valence-electron chi connectivity index (χ4n) is 3.00. The molecule has 2 heterocycles. The summed E-state index contributed by atoms with van der Waals surface area (Å²) in [5.74, 6) is -0.575. The van der Waals surface area contributed by atoms with Crippen molar-refractivity contribution in [3.05, 3.63) is 70.9 Å². The first-order valence-corrected chi connectivity index (χ1v) is 9.01. The molecule has 0 aliphatic heterocycles. The zero-order valence-corrected chi connectivity index (χ0v) is 16.0. The minimum atomic E-state index is -4.63. The minimum absolute atomic E-state index is 0.0577. The molecule has 2 N–H and O–H groups in total. The lowest BCUT2D eigenvalue weighted by Crippen LogP contribution is -2.38. The van der Waals surface area contributed by atoms with Crippen LogP contribution in [0.5, 0.6) is 0 Å². The number of nitrogens with one attached hydrogen (secondary N) is 2. The van der Waals surface area contributed by atoms with Gasteiger partial charge in [-0.05, 0) is 36.2 Å². The second kappa shape index (κ2) is 8.50. The van der Waals surface area contributed by atoms with Gasteiger partial charge in [-0.1, -0.05) is 12.1 Å². The normalized spacial score (nSPS) is 12.4. The average molecular weight is 407 g/mol. The molecule has 5 nitrogen and oxygen atoms in total. The Morgan fingerprint density at radius 1 is 1.21 bits per heavy atom. The molecule has 3 rings (SSSR count). The molecule has 154 valence electrons. The van der Waals surface area contributed by atoms with Crippen LogP contribution in [0.25, 0.3) is 5.65 Å². The van der Waals surface area contributed by atoms with Gasteiger partial charge in [-0.15, -0.1) is 0 Å². The molecule has 0 aliphatic carbocycles. The molecule has 0 atom stereocenters. The number of hydrogen-bond donors (Lipinski definition) is 2. The number of halogens is 4. The van der Waals surface area contributed by atoms with E-state index in [-0.39, 0.29) is 12.1 Å². The molecule has 0 fully saturated rings. The highest BCUT2D eigenvalue weighted by atomic mass is 19.4. The number of benzene rings is 1. The van der Waals surface area contributed by atoms with Crippen LogP contribution in [-0.2, 0) is 19.1 Å². The first-order valence-electron chi connectivity index (χ1n) is 9.01. The van der Waals surface area contributed by atoms with Crippen molar-refractivity contribution in [3.63, 3.8) is 0 Å². The van der Waals surface area contributed by atoms with Gasteiger partial charge in [-0.2, -0.15) is 13.2 Å². The third-order valence-corrected chi connectivity index (χ3v) is 4.45. The van der Waals surface area contributed by atoms with E-state index in [0.717, 1.165) is 29.0 Å². The highest BCUT2D eigenvalue weighted by molar-refractivity contribution is 5.79. The molecular formula is C20H21F4N5. The molecule has 2 aromatic heterocycles. The van der Waals surface area contributed by atoms with Gasteiger partial charge in [-0.25, -0.2) is 9.37 Å². The van der Waals surface area contributed by atoms with Gasteiger partial charge >= 0.3 is 6.18 Å². The molecule has 0 saturated carbocycles. The minimum Gasteiger partial charge on any atom is -0.356 e. The number of aliphatic imine (C=N–C) groups is 1. The number of hydrogen-bond acceptors (Lipinski definition) is 2. The van der Waals surface area contributed by atoms with Crippen LogP contribution >= 0.6 is 0 Å². The quantitative estimate of drug-likeness (QED) is 0.385. The van der Waals surface area contributed by atoms with Gasteiger partial charge in [0, 0.05) is 39.0 Å². The molecule has 1 aromatic carbocycles. The SMILES string of the molecule is CN=C(NCCc1cn2cccc(C)c2n1)NCc1ccc(F)cc1C(F)(F)F. The summed E-state index contributed by atoms with van der Waals surface area (Å²) >= 11 is 0. The second-order valence-electron chi connectivity index (χ2n) is 6.56. The summed E-state index contributed by atoms with van der Waals surface area (Å²) in [6.45, 7) is 2.35. The number of imidazole rings is 1. The molecule has 0 amide bonds. The van der Waals surface area contributed by atoms with Crippen LogP contribution in [0.1, 0.15) is 22.4 Å². The smallest absolute Gasteiger partial charge is 0.356 e. The summed E-state index contributed by atoms with van der Waals surface area (Å²) in [6.07, 6.45) is -0.147. The molecule has 0 bridgehead atoms. The van der Waals surface area contributed by atoms with Crippen LogP contribution in [0.4, 0.5) is 17.6 Å². The van der Waals surface area contributed by atoms with E-state index in [0.29, 0.717) is 25.0 Å². The maximum Gasteiger partial charge on any atom is 0.416 e. The standard InChI is InChI=1S/C20H21F4N5/c1-13-4-3-9-29-12-16(28-18(13)29)7-8-26-19(25-2)27-11-14-5-6-15(21)10-17(14)20(22,23)24/h3-6,9-10,12H,7-8,11H2,1-2H3,(H2,25,26,27). The van der Waals surface area contributed by atoms with Crippen molar-refractivity contribution in [1.29, 1.82) is 0 Å². The van der Waals surface area contributed by atoms with Crippen molar-refractivity contribution >= 4 is 11.6 Å². The van der Waals surface area contributed by atoms with Crippen molar-refractivity contribution in [2.24, 2.45) is 4.99 Å². The number of fused-ring (bicyclic) bond motifs is 1. The Bertz CT molecular complexity index is 1020. The van der Waals surface area contributed by atoms with Gasteiger partial charge in [0.05, 0.1) is 11.3 Å². The topological polar surface area (TPSA) is 53.7 Å². The third kappa shape index (κ3) is 5.04. The zero-order valence-electron chi connectivity index (χ0n) is 16.0. The van der Waals surface area contributed by atoms with Crippen molar-refractivity contribution in [3.8, 4) is 0 Å². The Hall–Kier alpha value is -3.10. The summed E-state index contributed by atoms with van der Waals surface area (Å²) in [5, 5.41) is 5.88. The lowest BCUT2D eigenvalue weighted by molar-refractivity contribution is -0.138. The summed E-state index contributed by atoms with van der Waals surface area (Å²) in [7, 11) is 1.53. The number of nitrogens with zero attached hydrogens (tertiary/aromatic N) is 3. The lowest BCUT2D eigenvalue weighted by Gasteiger charge is -2.15. The van der Waals surface area contributed by atoms with Crippen molar-refractivity contribution in [1.82, 2.24) is 20.0 Å². The number of guanidine groups is 1. The van der Waals surface area contributed by atoms with E-state index in [2.05, 4.69) is 20.6 Å². The van der Waals surface area contributed by atoms with Gasteiger partial charge < -0.3 is 15.0 Å². The molecule has 0 unspecified atom stereocenters. The largest absolute Gasteiger partial charge is 0.416 e. The highest BCUT2D eigenvalue weighted by Crippen LogP contribution is 2.32. The molecule has 9 heteroatoms. The van der Waals surface area contributed by atoms with Gasteiger partial charge in [0.15, 0.2) is 5.96 Å². The maximum absolute atomic E-state index is 13.2. The van der Waals surface area contributed by atoms with Gasteiger partial charge in [0.25, 0.3) is 0 Å². The van der Waals surface area contributed by atoms with Crippen LogP contribution in [-0.4, -0.2) is 28.9 Å². The van der Waals surface area contributed by atoms with Crippen molar-refractivity contribution in [2.75, 3.05) is 13.6 Å². The fourth-order valence-corrected chi connectivity index (χ4v) is 3.00. The Morgan fingerprint density at radius 2 is 2.00 bits per heavy atom. The van der Waals surface area contributed by atoms with Gasteiger partial charge in [0.1, 0.15) is 11.5 Å². The van der Waals surface area contributed by atoms with Crippen molar-refractivity contribution in [2.45, 2.75) is 26.1 Å². The predicted molar refractivity (Wildman–Crippen MR) is 103 cm³/mol. The summed E-state index contributed by atoms with van der Waals surface area (Å²) in [6, 6.07) is 6.56. The monoisotopic (exact) mass is 407 g/mol. The first-order chi connectivity index (χ1) is 13.8. The third-order valence-electron chi connectivity index (χ3n) is 4.45. The summed E-state index contributed by atoms with van der Waals surface area (Å²) in [4.78, 5) is 8.59. The number of aromatic nitrogens is 2. The maximum atomic E-state index is 13.2. The summed E-state index contributed by atoms with van der Waals surface area (Å²) in [5.41, 5.74) is 1.79. The lowest BCUT2D eigenvalue weighted by atomic mass is 10.1. The molecule has 29 heavy (non-hydrogen) atoms. The second-order valence-corrected chi connectivity index (χ2v) is 6.56. The van der Waals surface area contributed by atoms with Crippen LogP contribution in [0.2, 0.25) is 0 Å². The summed E-state index contributed by atoms with van der Waals surface area (Å²) < 4.78 is 54.4. The van der Waals surface area contributed by atoms with E-state index in [4.69, 9.17) is 0 Å². The van der Waals surface area contributed by atoms with Crippen LogP contribution in [0.3, 0.4) is 0 Å². The van der Waals surface area contributed by atoms with E-state index >= 15 is 0 Å². The van der Waals surface area contributed by atoms with E-state index in [9.17, 15) is 17.6 Å². The Labute approximate surface area is 165 Å². The molecule has 0 saturated heterocycles. The molecule has 3 aromatic rings. The molecular weight excluding hydrogens is 386 g/mol. The predicted octanol–water partition coefficient (Wildman–Crippen LogP) is 3.71. The number of aryl methyl sites for hydroxylation is 1. The zero-order chi connectivity index (χ0) is 21.0. The van der Waals surface area contributed by atoms with Crippen LogP contribution in [0.15, 0.2) is 47.7 Å². The first kappa shape index (κ1) is 20.6. The molecule has 0 spiro atoms. The van der Waals surface area contributed by atoms with E-state index in [1.165, 1.54) is 7.05 Å². The van der Waals surface area contributed by atoms with E-state index in [1.54, 1.807) is 0 Å². The molecule has 0 radical (unpaired) electrons. The Kier molecular flexibility index (Phi) is 6.05. The van der Waals surface area contributed by atoms with E-state index < -0.39 is 17.6 Å². The van der Waals surface area contributed by atoms with Crippen LogP contribution < -0.4 is 10.6 Å². The van der Waals surface area contributed by atoms with Gasteiger partial charge in [0.2, 0.25) is 0 Å². The Balaban J connectivity index is 1.58. The number of alkyl halides is 3. The fraction of sp³-hybridized carbons (Fsp3) is 0.300. The van der Waals surface area contributed by atoms with Crippen LogP contribution in [0, 0.1) is 12.7 Å². The van der Waals surface area contributed by atoms with E-state index in [1.807, 2.05) is 35.9 Å². The Morgan fingerprint density at radius 3 is 2.69 bits per heavy atom.